The van der Waals surface area contributed by atoms with Crippen LogP contribution in [0, 0.1) is 6.92 Å². The smallest absolute Gasteiger partial charge is 0.00428 e. The lowest BCUT2D eigenvalue weighted by atomic mass is 10.1. The summed E-state index contributed by atoms with van der Waals surface area (Å²) < 4.78 is 0. The van der Waals surface area contributed by atoms with Crippen molar-refractivity contribution in [3.63, 3.8) is 0 Å². The standard InChI is InChI=1S/C9H13P.C3H8/c1-7-3-5-9(6-4-7)8(2)10;1-3-2/h3-6,8H,10H2,1-2H3;3H2,1-2H3. The zero-order chi connectivity index (χ0) is 10.3. The second kappa shape index (κ2) is 7.09. The zero-order valence-electron chi connectivity index (χ0n) is 9.17. The van der Waals surface area contributed by atoms with Gasteiger partial charge in [0.15, 0.2) is 0 Å². The molecule has 0 N–H and O–H groups in total. The molecular weight excluding hydrogens is 175 g/mol. The molecule has 1 heteroatoms. The first-order valence-electron chi connectivity index (χ1n) is 4.93. The van der Waals surface area contributed by atoms with Crippen LogP contribution in [0.4, 0.5) is 0 Å². The second-order valence-corrected chi connectivity index (χ2v) is 4.41. The number of benzene rings is 1. The van der Waals surface area contributed by atoms with Gasteiger partial charge in [-0.25, -0.2) is 0 Å². The molecule has 13 heavy (non-hydrogen) atoms. The lowest BCUT2D eigenvalue weighted by molar-refractivity contribution is 1.09. The fourth-order valence-corrected chi connectivity index (χ4v) is 1.09. The van der Waals surface area contributed by atoms with Crippen LogP contribution in [0.2, 0.25) is 0 Å². The number of hydrogen-bond acceptors (Lipinski definition) is 0. The molecule has 1 aromatic carbocycles. The maximum absolute atomic E-state index is 2.79. The van der Waals surface area contributed by atoms with Gasteiger partial charge < -0.3 is 0 Å². The lowest BCUT2D eigenvalue weighted by Crippen LogP contribution is -1.81. The van der Waals surface area contributed by atoms with E-state index in [1.54, 1.807) is 0 Å². The van der Waals surface area contributed by atoms with Crippen LogP contribution < -0.4 is 0 Å². The SMILES string of the molecule is CCC.Cc1ccc(C(C)P)cc1. The fraction of sp³-hybridized carbons (Fsp3) is 0.500. The third kappa shape index (κ3) is 5.82. The molecule has 0 bridgehead atoms. The van der Waals surface area contributed by atoms with Gasteiger partial charge in [-0.3, -0.25) is 0 Å². The molecule has 0 aliphatic carbocycles. The van der Waals surface area contributed by atoms with Crippen molar-refractivity contribution in [2.45, 2.75) is 39.8 Å². The molecule has 0 heterocycles. The lowest BCUT2D eigenvalue weighted by Gasteiger charge is -2.03. The van der Waals surface area contributed by atoms with Crippen molar-refractivity contribution in [3.8, 4) is 0 Å². The van der Waals surface area contributed by atoms with Crippen molar-refractivity contribution in [2.24, 2.45) is 0 Å². The maximum Gasteiger partial charge on any atom is -0.00428 e. The van der Waals surface area contributed by atoms with Crippen LogP contribution in [0.5, 0.6) is 0 Å². The van der Waals surface area contributed by atoms with Crippen LogP contribution >= 0.6 is 9.24 Å². The summed E-state index contributed by atoms with van der Waals surface area (Å²) in [5.74, 6) is 0. The first-order valence-corrected chi connectivity index (χ1v) is 5.60. The highest BCUT2D eigenvalue weighted by atomic mass is 31.0. The summed E-state index contributed by atoms with van der Waals surface area (Å²) in [6.45, 7) is 8.53. The van der Waals surface area contributed by atoms with Gasteiger partial charge >= 0.3 is 0 Å². The van der Waals surface area contributed by atoms with E-state index in [1.165, 1.54) is 17.5 Å². The monoisotopic (exact) mass is 196 g/mol. The first-order chi connectivity index (χ1) is 6.11. The Morgan fingerprint density at radius 1 is 1.15 bits per heavy atom. The molecule has 0 aromatic heterocycles. The first kappa shape index (κ1) is 12.7. The van der Waals surface area contributed by atoms with Gasteiger partial charge in [0, 0.05) is 0 Å². The summed E-state index contributed by atoms with van der Waals surface area (Å²) in [5, 5.41) is 0. The number of hydrogen-bond donors (Lipinski definition) is 0. The van der Waals surface area contributed by atoms with Crippen molar-refractivity contribution in [3.05, 3.63) is 35.4 Å². The van der Waals surface area contributed by atoms with E-state index in [4.69, 9.17) is 0 Å². The molecule has 0 saturated heterocycles. The van der Waals surface area contributed by atoms with E-state index >= 15 is 0 Å². The second-order valence-electron chi connectivity index (χ2n) is 3.41. The molecule has 0 fully saturated rings. The van der Waals surface area contributed by atoms with Crippen molar-refractivity contribution < 1.29 is 0 Å². The predicted molar refractivity (Wildman–Crippen MR) is 65.3 cm³/mol. The van der Waals surface area contributed by atoms with Gasteiger partial charge in [0.2, 0.25) is 0 Å². The Balaban J connectivity index is 0.000000424. The Morgan fingerprint density at radius 3 is 1.85 bits per heavy atom. The minimum absolute atomic E-state index is 0.570. The van der Waals surface area contributed by atoms with Gasteiger partial charge in [0.1, 0.15) is 0 Å². The van der Waals surface area contributed by atoms with E-state index in [9.17, 15) is 0 Å². The summed E-state index contributed by atoms with van der Waals surface area (Å²) in [6, 6.07) is 8.64. The van der Waals surface area contributed by atoms with Gasteiger partial charge in [-0.2, -0.15) is 0 Å². The molecule has 0 radical (unpaired) electrons. The Hall–Kier alpha value is -0.350. The maximum atomic E-state index is 2.79. The van der Waals surface area contributed by atoms with Gasteiger partial charge in [-0.1, -0.05) is 57.0 Å². The quantitative estimate of drug-likeness (QED) is 0.586. The van der Waals surface area contributed by atoms with Crippen LogP contribution in [-0.4, -0.2) is 0 Å². The van der Waals surface area contributed by atoms with Crippen molar-refractivity contribution in [2.75, 3.05) is 0 Å². The highest BCUT2D eigenvalue weighted by Gasteiger charge is 1.95. The van der Waals surface area contributed by atoms with E-state index in [1.807, 2.05) is 0 Å². The minimum atomic E-state index is 0.570. The Kier molecular flexibility index (Phi) is 6.90. The van der Waals surface area contributed by atoms with Crippen LogP contribution in [0.3, 0.4) is 0 Å². The molecule has 1 rings (SSSR count). The van der Waals surface area contributed by atoms with Crippen molar-refractivity contribution in [1.29, 1.82) is 0 Å². The molecule has 2 unspecified atom stereocenters. The van der Waals surface area contributed by atoms with E-state index in [2.05, 4.69) is 61.2 Å². The minimum Gasteiger partial charge on any atom is -0.130 e. The summed E-state index contributed by atoms with van der Waals surface area (Å²) in [6.07, 6.45) is 1.25. The topological polar surface area (TPSA) is 0 Å². The molecule has 0 aliphatic heterocycles. The summed E-state index contributed by atoms with van der Waals surface area (Å²) in [5.41, 5.74) is 3.28. The summed E-state index contributed by atoms with van der Waals surface area (Å²) >= 11 is 0. The zero-order valence-corrected chi connectivity index (χ0v) is 10.3. The van der Waals surface area contributed by atoms with Gasteiger partial charge in [0.25, 0.3) is 0 Å². The van der Waals surface area contributed by atoms with E-state index in [0.29, 0.717) is 5.66 Å². The molecule has 74 valence electrons. The molecule has 0 spiro atoms. The van der Waals surface area contributed by atoms with Crippen LogP contribution in [0.1, 0.15) is 44.0 Å². The Morgan fingerprint density at radius 2 is 1.54 bits per heavy atom. The summed E-state index contributed by atoms with van der Waals surface area (Å²) in [7, 11) is 2.79. The molecule has 0 aliphatic rings. The Labute approximate surface area is 85.0 Å². The third-order valence-electron chi connectivity index (χ3n) is 1.60. The molecular formula is C12H21P. The average Bonchev–Trinajstić information content (AvgIpc) is 2.06. The molecule has 0 amide bonds. The van der Waals surface area contributed by atoms with Gasteiger partial charge in [0.05, 0.1) is 0 Å². The highest BCUT2D eigenvalue weighted by Crippen LogP contribution is 2.21. The average molecular weight is 196 g/mol. The van der Waals surface area contributed by atoms with E-state index < -0.39 is 0 Å². The van der Waals surface area contributed by atoms with Gasteiger partial charge in [-0.05, 0) is 18.1 Å². The fourth-order valence-electron chi connectivity index (χ4n) is 0.870. The van der Waals surface area contributed by atoms with E-state index in [0.717, 1.165) is 0 Å². The molecule has 0 saturated carbocycles. The third-order valence-corrected chi connectivity index (χ3v) is 1.99. The van der Waals surface area contributed by atoms with Gasteiger partial charge in [-0.15, -0.1) is 9.24 Å². The molecule has 0 nitrogen and oxygen atoms in total. The molecule has 2 atom stereocenters. The van der Waals surface area contributed by atoms with Crippen molar-refractivity contribution >= 4 is 9.24 Å². The Bertz CT molecular complexity index is 211. The van der Waals surface area contributed by atoms with E-state index in [-0.39, 0.29) is 0 Å². The van der Waals surface area contributed by atoms with Crippen molar-refractivity contribution in [1.82, 2.24) is 0 Å². The number of rotatable bonds is 1. The van der Waals surface area contributed by atoms with Crippen LogP contribution in [-0.2, 0) is 0 Å². The largest absolute Gasteiger partial charge is 0.130 e. The highest BCUT2D eigenvalue weighted by molar-refractivity contribution is 7.17. The predicted octanol–water partition coefficient (Wildman–Crippen LogP) is 4.35. The molecule has 1 aromatic rings. The number of aryl methyl sites for hydroxylation is 1. The summed E-state index contributed by atoms with van der Waals surface area (Å²) in [4.78, 5) is 0. The normalized spacial score (nSPS) is 11.5. The van der Waals surface area contributed by atoms with Crippen LogP contribution in [0.15, 0.2) is 24.3 Å². The van der Waals surface area contributed by atoms with Crippen LogP contribution in [0.25, 0.3) is 0 Å².